The molecule has 0 aromatic rings. The molecule has 6 heteroatoms. The molecule has 0 amide bonds. The lowest BCUT2D eigenvalue weighted by atomic mass is 10.0. The Kier molecular flexibility index (Phi) is 4.92. The predicted molar refractivity (Wildman–Crippen MR) is 74.4 cm³/mol. The first-order valence-corrected chi connectivity index (χ1v) is 8.03. The van der Waals surface area contributed by atoms with Crippen LogP contribution in [0.3, 0.4) is 0 Å². The third kappa shape index (κ3) is 2.98. The van der Waals surface area contributed by atoms with Crippen LogP contribution in [0.2, 0.25) is 0 Å². The minimum absolute atomic E-state index is 0.0851. The van der Waals surface area contributed by atoms with Gasteiger partial charge in [-0.15, -0.1) is 0 Å². The van der Waals surface area contributed by atoms with Crippen LogP contribution in [0.5, 0.6) is 0 Å². The first kappa shape index (κ1) is 14.9. The van der Waals surface area contributed by atoms with E-state index in [2.05, 4.69) is 13.8 Å². The van der Waals surface area contributed by atoms with E-state index in [1.54, 1.807) is 4.31 Å². The second-order valence-corrected chi connectivity index (χ2v) is 7.45. The molecule has 1 fully saturated rings. The van der Waals surface area contributed by atoms with Gasteiger partial charge >= 0.3 is 0 Å². The van der Waals surface area contributed by atoms with Gasteiger partial charge in [0.05, 0.1) is 4.99 Å². The van der Waals surface area contributed by atoms with Crippen molar-refractivity contribution in [2.24, 2.45) is 11.7 Å². The molecule has 1 saturated heterocycles. The Morgan fingerprint density at radius 1 is 1.53 bits per heavy atom. The first-order valence-electron chi connectivity index (χ1n) is 6.12. The molecule has 100 valence electrons. The number of rotatable bonds is 5. The molecule has 2 N–H and O–H groups in total. The van der Waals surface area contributed by atoms with E-state index in [-0.39, 0.29) is 11.0 Å². The van der Waals surface area contributed by atoms with E-state index in [4.69, 9.17) is 18.0 Å². The zero-order valence-corrected chi connectivity index (χ0v) is 12.4. The largest absolute Gasteiger partial charge is 0.392 e. The fourth-order valence-corrected chi connectivity index (χ4v) is 5.15. The third-order valence-corrected chi connectivity index (χ3v) is 6.24. The van der Waals surface area contributed by atoms with Gasteiger partial charge in [-0.05, 0) is 25.2 Å². The normalized spacial score (nSPS) is 24.1. The lowest BCUT2D eigenvalue weighted by Gasteiger charge is -2.30. The van der Waals surface area contributed by atoms with Crippen LogP contribution in [0.25, 0.3) is 0 Å². The number of hydrogen-bond acceptors (Lipinski definition) is 3. The van der Waals surface area contributed by atoms with Crippen LogP contribution in [-0.2, 0) is 10.0 Å². The van der Waals surface area contributed by atoms with Gasteiger partial charge in [0.1, 0.15) is 5.25 Å². The Hall–Kier alpha value is -0.200. The average molecular weight is 278 g/mol. The number of sulfonamides is 1. The van der Waals surface area contributed by atoms with Crippen LogP contribution in [-0.4, -0.2) is 35.5 Å². The molecule has 0 aliphatic carbocycles. The minimum atomic E-state index is -3.38. The summed E-state index contributed by atoms with van der Waals surface area (Å²) in [6.45, 7) is 6.52. The maximum absolute atomic E-state index is 12.5. The summed E-state index contributed by atoms with van der Waals surface area (Å²) >= 11 is 4.88. The molecule has 0 aromatic carbocycles. The second kappa shape index (κ2) is 5.63. The van der Waals surface area contributed by atoms with Gasteiger partial charge in [0.15, 0.2) is 0 Å². The lowest BCUT2D eigenvalue weighted by Crippen LogP contribution is -2.47. The molecule has 0 bridgehead atoms. The molecule has 0 radical (unpaired) electrons. The maximum Gasteiger partial charge on any atom is 0.223 e. The summed E-state index contributed by atoms with van der Waals surface area (Å²) < 4.78 is 26.6. The van der Waals surface area contributed by atoms with Crippen molar-refractivity contribution < 1.29 is 8.42 Å². The topological polar surface area (TPSA) is 63.4 Å². The molecule has 0 aromatic heterocycles. The summed E-state index contributed by atoms with van der Waals surface area (Å²) in [5, 5.41) is -0.711. The van der Waals surface area contributed by atoms with E-state index in [0.29, 0.717) is 18.9 Å². The standard InChI is InChI=1S/C11H22N2O2S2/c1-4-10(11(12)16)17(14,15)13-7-5-6-9(13)8(2)3/h8-10H,4-7H2,1-3H3,(H2,12,16). The van der Waals surface area contributed by atoms with Crippen molar-refractivity contribution in [1.82, 2.24) is 4.31 Å². The number of hydrogen-bond donors (Lipinski definition) is 1. The van der Waals surface area contributed by atoms with E-state index >= 15 is 0 Å². The predicted octanol–water partition coefficient (Wildman–Crippen LogP) is 1.50. The summed E-state index contributed by atoms with van der Waals surface area (Å²) in [6, 6.07) is 0.100. The Morgan fingerprint density at radius 2 is 2.12 bits per heavy atom. The molecule has 2 unspecified atom stereocenters. The van der Waals surface area contributed by atoms with Crippen LogP contribution in [0, 0.1) is 5.92 Å². The molecule has 1 aliphatic heterocycles. The molecule has 1 aliphatic rings. The Labute approximate surface area is 110 Å². The molecule has 1 heterocycles. The van der Waals surface area contributed by atoms with E-state index in [0.717, 1.165) is 12.8 Å². The third-order valence-electron chi connectivity index (χ3n) is 3.39. The zero-order valence-electron chi connectivity index (χ0n) is 10.7. The quantitative estimate of drug-likeness (QED) is 0.774. The van der Waals surface area contributed by atoms with Crippen molar-refractivity contribution in [2.45, 2.75) is 51.3 Å². The van der Waals surface area contributed by atoms with Crippen molar-refractivity contribution in [3.05, 3.63) is 0 Å². The van der Waals surface area contributed by atoms with E-state index < -0.39 is 15.3 Å². The van der Waals surface area contributed by atoms with Crippen LogP contribution in [0.1, 0.15) is 40.0 Å². The van der Waals surface area contributed by atoms with Gasteiger partial charge in [0.2, 0.25) is 10.0 Å². The van der Waals surface area contributed by atoms with Crippen molar-refractivity contribution in [1.29, 1.82) is 0 Å². The highest BCUT2D eigenvalue weighted by Gasteiger charge is 2.40. The van der Waals surface area contributed by atoms with Gasteiger partial charge in [-0.3, -0.25) is 0 Å². The highest BCUT2D eigenvalue weighted by Crippen LogP contribution is 2.29. The molecular weight excluding hydrogens is 256 g/mol. The fraction of sp³-hybridized carbons (Fsp3) is 0.909. The smallest absolute Gasteiger partial charge is 0.223 e. The highest BCUT2D eigenvalue weighted by atomic mass is 32.2. The van der Waals surface area contributed by atoms with Crippen LogP contribution in [0.15, 0.2) is 0 Å². The Morgan fingerprint density at radius 3 is 2.53 bits per heavy atom. The van der Waals surface area contributed by atoms with Gasteiger partial charge in [-0.1, -0.05) is 33.0 Å². The van der Waals surface area contributed by atoms with Crippen molar-refractivity contribution in [3.63, 3.8) is 0 Å². The molecule has 0 saturated carbocycles. The van der Waals surface area contributed by atoms with Crippen LogP contribution >= 0.6 is 12.2 Å². The monoisotopic (exact) mass is 278 g/mol. The number of nitrogens with zero attached hydrogens (tertiary/aromatic N) is 1. The zero-order chi connectivity index (χ0) is 13.2. The van der Waals surface area contributed by atoms with Gasteiger partial charge in [-0.25, -0.2) is 8.42 Å². The summed E-state index contributed by atoms with van der Waals surface area (Å²) in [4.78, 5) is 0.0851. The first-order chi connectivity index (χ1) is 7.82. The minimum Gasteiger partial charge on any atom is -0.392 e. The molecule has 0 spiro atoms. The van der Waals surface area contributed by atoms with Crippen molar-refractivity contribution >= 4 is 27.2 Å². The second-order valence-electron chi connectivity index (χ2n) is 4.91. The van der Waals surface area contributed by atoms with Gasteiger partial charge in [0, 0.05) is 12.6 Å². The Balaban J connectivity index is 3.00. The van der Waals surface area contributed by atoms with Gasteiger partial charge in [-0.2, -0.15) is 4.31 Å². The SMILES string of the molecule is CCC(C(N)=S)S(=O)(=O)N1CCCC1C(C)C. The molecule has 4 nitrogen and oxygen atoms in total. The van der Waals surface area contributed by atoms with E-state index in [9.17, 15) is 8.42 Å². The lowest BCUT2D eigenvalue weighted by molar-refractivity contribution is 0.314. The Bertz CT molecular complexity index is 379. The van der Waals surface area contributed by atoms with Crippen LogP contribution in [0.4, 0.5) is 0 Å². The fourth-order valence-electron chi connectivity index (χ4n) is 2.47. The van der Waals surface area contributed by atoms with Crippen LogP contribution < -0.4 is 5.73 Å². The molecule has 2 atom stereocenters. The number of nitrogens with two attached hydrogens (primary N) is 1. The average Bonchev–Trinajstić information content (AvgIpc) is 2.65. The van der Waals surface area contributed by atoms with Gasteiger partial charge < -0.3 is 5.73 Å². The number of thiocarbonyl (C=S) groups is 1. The molecule has 17 heavy (non-hydrogen) atoms. The van der Waals surface area contributed by atoms with E-state index in [1.165, 1.54) is 0 Å². The molecular formula is C11H22N2O2S2. The van der Waals surface area contributed by atoms with E-state index in [1.807, 2.05) is 6.92 Å². The molecule has 1 rings (SSSR count). The van der Waals surface area contributed by atoms with Gasteiger partial charge in [0.25, 0.3) is 0 Å². The van der Waals surface area contributed by atoms with Crippen molar-refractivity contribution in [3.8, 4) is 0 Å². The summed E-state index contributed by atoms with van der Waals surface area (Å²) in [5.74, 6) is 0.330. The maximum atomic E-state index is 12.5. The summed E-state index contributed by atoms with van der Waals surface area (Å²) in [6.07, 6.45) is 2.31. The summed E-state index contributed by atoms with van der Waals surface area (Å²) in [5.41, 5.74) is 5.55. The summed E-state index contributed by atoms with van der Waals surface area (Å²) in [7, 11) is -3.38. The van der Waals surface area contributed by atoms with Crippen molar-refractivity contribution in [2.75, 3.05) is 6.54 Å². The highest BCUT2D eigenvalue weighted by molar-refractivity contribution is 7.92.